The van der Waals surface area contributed by atoms with Crippen LogP contribution in [-0.4, -0.2) is 16.2 Å². The quantitative estimate of drug-likeness (QED) is 0.149. The number of rotatable bonds is 6. The van der Waals surface area contributed by atoms with Gasteiger partial charge in [0.2, 0.25) is 0 Å². The summed E-state index contributed by atoms with van der Waals surface area (Å²) in [5, 5.41) is 4.97. The summed E-state index contributed by atoms with van der Waals surface area (Å²) in [5.41, 5.74) is 15.1. The summed E-state index contributed by atoms with van der Waals surface area (Å²) in [5.74, 6) is 1.03. The number of aliphatic imine (C=N–C) groups is 2. The van der Waals surface area contributed by atoms with Gasteiger partial charge in [0.1, 0.15) is 5.84 Å². The van der Waals surface area contributed by atoms with Crippen LogP contribution in [0.3, 0.4) is 0 Å². The monoisotopic (exact) mass is 604 g/mol. The number of fused-ring (bicyclic) bond motifs is 5. The van der Waals surface area contributed by atoms with Gasteiger partial charge in [0.25, 0.3) is 0 Å². The Morgan fingerprint density at radius 2 is 1.21 bits per heavy atom. The van der Waals surface area contributed by atoms with Crippen LogP contribution in [0.25, 0.3) is 49.4 Å². The van der Waals surface area contributed by atoms with Gasteiger partial charge in [-0.25, -0.2) is 4.99 Å². The number of nitrogens with two attached hydrogens (primary N) is 1. The van der Waals surface area contributed by atoms with E-state index in [2.05, 4.69) is 120 Å². The average molecular weight is 605 g/mol. The molecule has 8 aromatic rings. The molecule has 0 amide bonds. The minimum atomic E-state index is 0.432. The molecule has 0 aliphatic heterocycles. The Morgan fingerprint density at radius 3 is 2.02 bits per heavy atom. The Bertz CT molecular complexity index is 2420. The molecule has 47 heavy (non-hydrogen) atoms. The number of amidine groups is 2. The van der Waals surface area contributed by atoms with Crippen LogP contribution in [0.2, 0.25) is 0 Å². The van der Waals surface area contributed by atoms with Gasteiger partial charge in [-0.05, 0) is 40.3 Å². The first-order valence-electron chi connectivity index (χ1n) is 15.8. The fourth-order valence-corrected chi connectivity index (χ4v) is 6.44. The molecule has 224 valence electrons. The highest BCUT2D eigenvalue weighted by atomic mass is 15.0. The summed E-state index contributed by atoms with van der Waals surface area (Å²) >= 11 is 0. The van der Waals surface area contributed by atoms with Crippen LogP contribution >= 0.6 is 0 Å². The van der Waals surface area contributed by atoms with E-state index in [-0.39, 0.29) is 0 Å². The number of aromatic nitrogens is 1. The van der Waals surface area contributed by atoms with Gasteiger partial charge in [-0.2, -0.15) is 0 Å². The van der Waals surface area contributed by atoms with Gasteiger partial charge in [-0.15, -0.1) is 0 Å². The van der Waals surface area contributed by atoms with Gasteiger partial charge in [0.05, 0.1) is 17.6 Å². The van der Waals surface area contributed by atoms with Crippen LogP contribution in [0.4, 0.5) is 0 Å². The lowest BCUT2D eigenvalue weighted by atomic mass is 9.98. The molecule has 0 aliphatic rings. The van der Waals surface area contributed by atoms with Gasteiger partial charge in [-0.3, -0.25) is 4.99 Å². The fourth-order valence-electron chi connectivity index (χ4n) is 6.44. The van der Waals surface area contributed by atoms with Gasteiger partial charge in [0, 0.05) is 33.0 Å². The van der Waals surface area contributed by atoms with E-state index in [0.29, 0.717) is 18.2 Å². The maximum Gasteiger partial charge on any atom is 0.157 e. The Balaban J connectivity index is 1.25. The molecule has 0 spiro atoms. The molecule has 7 aromatic carbocycles. The lowest BCUT2D eigenvalue weighted by Crippen LogP contribution is -2.16. The molecule has 0 bridgehead atoms. The van der Waals surface area contributed by atoms with Gasteiger partial charge >= 0.3 is 0 Å². The summed E-state index contributed by atoms with van der Waals surface area (Å²) < 4.78 is 2.39. The molecule has 4 nitrogen and oxygen atoms in total. The molecule has 0 atom stereocenters. The molecular formula is C43H32N4. The maximum absolute atomic E-state index is 6.56. The first-order chi connectivity index (χ1) is 23.2. The SMILES string of the molecule is N/C(=N\C(=N/Cc1ccccc1)c1ccccc1-c1ccc(-n2c3ccccc3c3ccc4ccccc4c32)cc1)c1ccccc1. The molecule has 0 unspecified atom stereocenters. The Kier molecular flexibility index (Phi) is 7.37. The number of hydrogen-bond donors (Lipinski definition) is 1. The molecule has 0 aliphatic carbocycles. The highest BCUT2D eigenvalue weighted by molar-refractivity contribution is 6.18. The van der Waals surface area contributed by atoms with Gasteiger partial charge < -0.3 is 10.3 Å². The first kappa shape index (κ1) is 28.2. The van der Waals surface area contributed by atoms with Crippen molar-refractivity contribution in [2.45, 2.75) is 6.54 Å². The van der Waals surface area contributed by atoms with Crippen molar-refractivity contribution < 1.29 is 0 Å². The standard InChI is InChI=1S/C43H32N4/c44-42(33-16-5-2-6-17-33)46-43(45-29-30-13-3-1-4-14-30)39-21-10-9-18-35(39)32-23-26-34(27-24-32)47-40-22-12-11-20-37(40)38-28-25-31-15-7-8-19-36(31)41(38)47/h1-28H,29H2,(H2,44,45,46). The van der Waals surface area contributed by atoms with E-state index in [1.165, 1.54) is 32.6 Å². The molecule has 0 fully saturated rings. The molecule has 0 saturated heterocycles. The molecular weight excluding hydrogens is 573 g/mol. The third kappa shape index (κ3) is 5.36. The zero-order valence-electron chi connectivity index (χ0n) is 25.8. The largest absolute Gasteiger partial charge is 0.383 e. The first-order valence-corrected chi connectivity index (χ1v) is 15.8. The normalized spacial score (nSPS) is 12.3. The van der Waals surface area contributed by atoms with E-state index in [1.54, 1.807) is 0 Å². The van der Waals surface area contributed by atoms with Crippen molar-refractivity contribution in [2.24, 2.45) is 15.7 Å². The van der Waals surface area contributed by atoms with Gasteiger partial charge in [0.15, 0.2) is 5.84 Å². The fraction of sp³-hybridized carbons (Fsp3) is 0.0233. The highest BCUT2D eigenvalue weighted by Crippen LogP contribution is 2.37. The second kappa shape index (κ2) is 12.3. The Morgan fingerprint density at radius 1 is 0.553 bits per heavy atom. The van der Waals surface area contributed by atoms with Crippen LogP contribution in [0.5, 0.6) is 0 Å². The van der Waals surface area contributed by atoms with E-state index in [4.69, 9.17) is 15.7 Å². The molecule has 8 rings (SSSR count). The lowest BCUT2D eigenvalue weighted by molar-refractivity contribution is 1.06. The Labute approximate surface area is 273 Å². The molecule has 0 radical (unpaired) electrons. The van der Waals surface area contributed by atoms with Crippen LogP contribution in [-0.2, 0) is 6.54 Å². The predicted octanol–water partition coefficient (Wildman–Crippen LogP) is 9.96. The Hall–Kier alpha value is -6.26. The minimum absolute atomic E-state index is 0.432. The second-order valence-corrected chi connectivity index (χ2v) is 11.6. The van der Waals surface area contributed by atoms with Crippen molar-refractivity contribution in [1.82, 2.24) is 4.57 Å². The van der Waals surface area contributed by atoms with E-state index in [0.717, 1.165) is 33.5 Å². The number of para-hydroxylation sites is 1. The lowest BCUT2D eigenvalue weighted by Gasteiger charge is -2.13. The van der Waals surface area contributed by atoms with Crippen molar-refractivity contribution in [2.75, 3.05) is 0 Å². The zero-order chi connectivity index (χ0) is 31.6. The smallest absolute Gasteiger partial charge is 0.157 e. The van der Waals surface area contributed by atoms with Crippen LogP contribution in [0, 0.1) is 0 Å². The van der Waals surface area contributed by atoms with Crippen LogP contribution in [0.15, 0.2) is 180 Å². The minimum Gasteiger partial charge on any atom is -0.383 e. The third-order valence-electron chi connectivity index (χ3n) is 8.71. The van der Waals surface area contributed by atoms with Crippen LogP contribution < -0.4 is 5.73 Å². The summed E-state index contributed by atoms with van der Waals surface area (Å²) in [6.45, 7) is 0.497. The summed E-state index contributed by atoms with van der Waals surface area (Å²) in [6, 6.07) is 58.9. The maximum atomic E-state index is 6.56. The topological polar surface area (TPSA) is 55.7 Å². The predicted molar refractivity (Wildman–Crippen MR) is 198 cm³/mol. The van der Waals surface area contributed by atoms with Crippen molar-refractivity contribution in [3.8, 4) is 16.8 Å². The molecule has 1 aromatic heterocycles. The molecule has 2 N–H and O–H groups in total. The van der Waals surface area contributed by atoms with Crippen molar-refractivity contribution in [3.63, 3.8) is 0 Å². The van der Waals surface area contributed by atoms with Gasteiger partial charge in [-0.1, -0.05) is 152 Å². The molecule has 0 saturated carbocycles. The zero-order valence-corrected chi connectivity index (χ0v) is 25.8. The summed E-state index contributed by atoms with van der Waals surface area (Å²) in [4.78, 5) is 9.93. The van der Waals surface area contributed by atoms with Crippen molar-refractivity contribution in [1.29, 1.82) is 0 Å². The van der Waals surface area contributed by atoms with E-state index >= 15 is 0 Å². The highest BCUT2D eigenvalue weighted by Gasteiger charge is 2.16. The van der Waals surface area contributed by atoms with E-state index in [9.17, 15) is 0 Å². The molecule has 1 heterocycles. The summed E-state index contributed by atoms with van der Waals surface area (Å²) in [7, 11) is 0. The van der Waals surface area contributed by atoms with Crippen molar-refractivity contribution in [3.05, 3.63) is 187 Å². The van der Waals surface area contributed by atoms with E-state index < -0.39 is 0 Å². The second-order valence-electron chi connectivity index (χ2n) is 11.6. The number of nitrogens with zero attached hydrogens (tertiary/aromatic N) is 3. The number of hydrogen-bond acceptors (Lipinski definition) is 1. The van der Waals surface area contributed by atoms with E-state index in [1.807, 2.05) is 54.6 Å². The van der Waals surface area contributed by atoms with Crippen LogP contribution in [0.1, 0.15) is 16.7 Å². The summed E-state index contributed by atoms with van der Waals surface area (Å²) in [6.07, 6.45) is 0. The number of benzene rings is 7. The third-order valence-corrected chi connectivity index (χ3v) is 8.71. The molecule has 4 heteroatoms. The van der Waals surface area contributed by atoms with Crippen molar-refractivity contribution >= 4 is 44.2 Å². The average Bonchev–Trinajstić information content (AvgIpc) is 3.49.